The smallest absolute Gasteiger partial charge is 0.244 e. The van der Waals surface area contributed by atoms with Gasteiger partial charge in [-0.05, 0) is 12.1 Å². The van der Waals surface area contributed by atoms with Crippen LogP contribution < -0.4 is 14.8 Å². The molecule has 18 heavy (non-hydrogen) atoms. The molecular weight excluding hydrogens is 252 g/mol. The highest BCUT2D eigenvalue weighted by atomic mass is 32.2. The van der Waals surface area contributed by atoms with E-state index in [1.807, 2.05) is 13.8 Å². The Labute approximate surface area is 109 Å². The highest BCUT2D eigenvalue weighted by Crippen LogP contribution is 2.22. The fourth-order valence-electron chi connectivity index (χ4n) is 1.46. The summed E-state index contributed by atoms with van der Waals surface area (Å²) in [4.78, 5) is 0.164. The van der Waals surface area contributed by atoms with E-state index in [2.05, 4.69) is 10.0 Å². The summed E-state index contributed by atoms with van der Waals surface area (Å²) in [7, 11) is -2.06. The van der Waals surface area contributed by atoms with Gasteiger partial charge in [0.25, 0.3) is 0 Å². The van der Waals surface area contributed by atoms with Crippen LogP contribution in [0.3, 0.4) is 0 Å². The Morgan fingerprint density at radius 1 is 1.22 bits per heavy atom. The zero-order chi connectivity index (χ0) is 13.6. The Balaban J connectivity index is 2.68. The van der Waals surface area contributed by atoms with Crippen LogP contribution in [0.1, 0.15) is 13.8 Å². The van der Waals surface area contributed by atoms with E-state index in [0.29, 0.717) is 24.9 Å². The first-order valence-electron chi connectivity index (χ1n) is 5.83. The molecule has 1 rings (SSSR count). The zero-order valence-electron chi connectivity index (χ0n) is 10.9. The number of ether oxygens (including phenoxy) is 1. The van der Waals surface area contributed by atoms with Crippen molar-refractivity contribution in [2.24, 2.45) is 0 Å². The molecule has 102 valence electrons. The van der Waals surface area contributed by atoms with Gasteiger partial charge in [0.1, 0.15) is 10.6 Å². The Hall–Kier alpha value is -1.11. The molecule has 1 aromatic rings. The average molecular weight is 272 g/mol. The number of rotatable bonds is 7. The van der Waals surface area contributed by atoms with Crippen molar-refractivity contribution in [3.8, 4) is 5.75 Å². The van der Waals surface area contributed by atoms with Crippen LogP contribution in [0.4, 0.5) is 0 Å². The normalized spacial score (nSPS) is 11.8. The summed E-state index contributed by atoms with van der Waals surface area (Å²) < 4.78 is 31.7. The van der Waals surface area contributed by atoms with Crippen molar-refractivity contribution >= 4 is 10.0 Å². The fourth-order valence-corrected chi connectivity index (χ4v) is 2.67. The lowest BCUT2D eigenvalue weighted by atomic mass is 10.3. The molecule has 1 aromatic carbocycles. The maximum Gasteiger partial charge on any atom is 0.244 e. The molecule has 0 aromatic heterocycles. The van der Waals surface area contributed by atoms with E-state index in [4.69, 9.17) is 4.74 Å². The number of hydrogen-bond acceptors (Lipinski definition) is 4. The lowest BCUT2D eigenvalue weighted by molar-refractivity contribution is 0.402. The molecule has 2 N–H and O–H groups in total. The van der Waals surface area contributed by atoms with Gasteiger partial charge in [-0.1, -0.05) is 26.0 Å². The van der Waals surface area contributed by atoms with Gasteiger partial charge < -0.3 is 10.1 Å². The molecule has 0 saturated carbocycles. The molecular formula is C12H20N2O3S. The van der Waals surface area contributed by atoms with E-state index in [-0.39, 0.29) is 4.90 Å². The molecule has 0 radical (unpaired) electrons. The van der Waals surface area contributed by atoms with Crippen LogP contribution in [-0.2, 0) is 10.0 Å². The topological polar surface area (TPSA) is 67.4 Å². The molecule has 0 bridgehead atoms. The van der Waals surface area contributed by atoms with Crippen LogP contribution in [0, 0.1) is 0 Å². The third-order valence-corrected chi connectivity index (χ3v) is 3.83. The molecule has 0 atom stereocenters. The highest BCUT2D eigenvalue weighted by Gasteiger charge is 2.17. The standard InChI is InChI=1S/C12H20N2O3S/c1-10(2)13-8-9-14-18(15,16)12-7-5-4-6-11(12)17-3/h4-7,10,13-14H,8-9H2,1-3H3. The summed E-state index contributed by atoms with van der Waals surface area (Å²) in [5.41, 5.74) is 0. The minimum absolute atomic E-state index is 0.164. The van der Waals surface area contributed by atoms with Crippen molar-refractivity contribution in [3.05, 3.63) is 24.3 Å². The zero-order valence-corrected chi connectivity index (χ0v) is 11.8. The van der Waals surface area contributed by atoms with Crippen molar-refractivity contribution in [3.63, 3.8) is 0 Å². The van der Waals surface area contributed by atoms with E-state index in [9.17, 15) is 8.42 Å². The first-order chi connectivity index (χ1) is 8.47. The van der Waals surface area contributed by atoms with Gasteiger partial charge in [-0.2, -0.15) is 0 Å². The SMILES string of the molecule is COc1ccccc1S(=O)(=O)NCCNC(C)C. The van der Waals surface area contributed by atoms with Gasteiger partial charge in [0.2, 0.25) is 10.0 Å². The molecule has 0 saturated heterocycles. The van der Waals surface area contributed by atoms with Gasteiger partial charge in [0.15, 0.2) is 0 Å². The maximum atomic E-state index is 12.0. The van der Waals surface area contributed by atoms with Gasteiger partial charge >= 0.3 is 0 Å². The van der Waals surface area contributed by atoms with Crippen LogP contribution in [-0.4, -0.2) is 34.7 Å². The molecule has 0 aliphatic rings. The van der Waals surface area contributed by atoms with E-state index in [0.717, 1.165) is 0 Å². The van der Waals surface area contributed by atoms with Crippen LogP contribution in [0.15, 0.2) is 29.2 Å². The Morgan fingerprint density at radius 3 is 2.50 bits per heavy atom. The van der Waals surface area contributed by atoms with E-state index in [1.165, 1.54) is 13.2 Å². The summed E-state index contributed by atoms with van der Waals surface area (Å²) in [5, 5.41) is 3.14. The Kier molecular flexibility index (Phi) is 5.58. The van der Waals surface area contributed by atoms with Gasteiger partial charge in [-0.3, -0.25) is 0 Å². The first-order valence-corrected chi connectivity index (χ1v) is 7.31. The Morgan fingerprint density at radius 2 is 1.89 bits per heavy atom. The molecule has 0 aliphatic heterocycles. The molecule has 0 heterocycles. The fraction of sp³-hybridized carbons (Fsp3) is 0.500. The van der Waals surface area contributed by atoms with Crippen LogP contribution >= 0.6 is 0 Å². The van der Waals surface area contributed by atoms with Crippen molar-refractivity contribution < 1.29 is 13.2 Å². The second kappa shape index (κ2) is 6.72. The molecule has 6 heteroatoms. The summed E-state index contributed by atoms with van der Waals surface area (Å²) in [5.74, 6) is 0.349. The number of sulfonamides is 1. The molecule has 0 fully saturated rings. The number of methoxy groups -OCH3 is 1. The monoisotopic (exact) mass is 272 g/mol. The number of nitrogens with one attached hydrogen (secondary N) is 2. The molecule has 0 aliphatic carbocycles. The largest absolute Gasteiger partial charge is 0.495 e. The quantitative estimate of drug-likeness (QED) is 0.726. The second-order valence-electron chi connectivity index (χ2n) is 4.16. The van der Waals surface area contributed by atoms with Crippen molar-refractivity contribution in [2.75, 3.05) is 20.2 Å². The Bertz CT molecular complexity index is 472. The van der Waals surface area contributed by atoms with Gasteiger partial charge in [-0.15, -0.1) is 0 Å². The predicted octanol–water partition coefficient (Wildman–Crippen LogP) is 0.971. The minimum atomic E-state index is -3.52. The summed E-state index contributed by atoms with van der Waals surface area (Å²) >= 11 is 0. The van der Waals surface area contributed by atoms with Gasteiger partial charge in [-0.25, -0.2) is 13.1 Å². The van der Waals surface area contributed by atoms with Crippen LogP contribution in [0.2, 0.25) is 0 Å². The second-order valence-corrected chi connectivity index (χ2v) is 5.89. The predicted molar refractivity (Wildman–Crippen MR) is 71.3 cm³/mol. The minimum Gasteiger partial charge on any atom is -0.495 e. The lowest BCUT2D eigenvalue weighted by Crippen LogP contribution is -2.34. The van der Waals surface area contributed by atoms with E-state index in [1.54, 1.807) is 18.2 Å². The number of benzene rings is 1. The van der Waals surface area contributed by atoms with Crippen molar-refractivity contribution in [2.45, 2.75) is 24.8 Å². The number of para-hydroxylation sites is 1. The highest BCUT2D eigenvalue weighted by molar-refractivity contribution is 7.89. The van der Waals surface area contributed by atoms with Crippen LogP contribution in [0.25, 0.3) is 0 Å². The first kappa shape index (κ1) is 14.9. The molecule has 0 unspecified atom stereocenters. The third kappa shape index (κ3) is 4.29. The van der Waals surface area contributed by atoms with Crippen molar-refractivity contribution in [1.29, 1.82) is 0 Å². The maximum absolute atomic E-state index is 12.0. The lowest BCUT2D eigenvalue weighted by Gasteiger charge is -2.11. The van der Waals surface area contributed by atoms with Gasteiger partial charge in [0.05, 0.1) is 7.11 Å². The average Bonchev–Trinajstić information content (AvgIpc) is 2.34. The third-order valence-electron chi connectivity index (χ3n) is 2.33. The summed E-state index contributed by atoms with van der Waals surface area (Å²) in [6, 6.07) is 6.89. The van der Waals surface area contributed by atoms with E-state index >= 15 is 0 Å². The summed E-state index contributed by atoms with van der Waals surface area (Å²) in [6.07, 6.45) is 0. The van der Waals surface area contributed by atoms with Crippen LogP contribution in [0.5, 0.6) is 5.75 Å². The summed E-state index contributed by atoms with van der Waals surface area (Å²) in [6.45, 7) is 4.95. The van der Waals surface area contributed by atoms with E-state index < -0.39 is 10.0 Å². The van der Waals surface area contributed by atoms with Gasteiger partial charge in [0, 0.05) is 19.1 Å². The molecule has 0 spiro atoms. The van der Waals surface area contributed by atoms with Crippen molar-refractivity contribution in [1.82, 2.24) is 10.0 Å². The molecule has 0 amide bonds. The molecule has 5 nitrogen and oxygen atoms in total. The number of hydrogen-bond donors (Lipinski definition) is 2.